The Morgan fingerprint density at radius 1 is 0.267 bits per heavy atom. The van der Waals surface area contributed by atoms with E-state index in [1.54, 1.807) is 0 Å². The predicted molar refractivity (Wildman–Crippen MR) is 283 cm³/mol. The van der Waals surface area contributed by atoms with Crippen molar-refractivity contribution in [1.82, 2.24) is 0 Å². The standard InChI is InChI=1S/2C19H16P.2C6H18NSi2.2Zn/c2*1-20(17-11-5-2-6-12-17,18-13-7-3-8-14-18)19-15-9-4-10-16-19;2*1-8(2,3)7-9(4,5)6;;/h2*1-16H;2*1-6H3;;/q4*-1;2*+2. The van der Waals surface area contributed by atoms with Crippen molar-refractivity contribution in [3.05, 3.63) is 191 Å². The van der Waals surface area contributed by atoms with Gasteiger partial charge < -0.3 is 21.9 Å². The third-order valence-corrected chi connectivity index (χ3v) is 25.7. The average molecular weight is 1000 g/mol. The van der Waals surface area contributed by atoms with Gasteiger partial charge in [0.05, 0.1) is 0 Å². The molecule has 0 aliphatic rings. The molecule has 0 unspecified atom stereocenters. The first kappa shape index (κ1) is 56.0. The van der Waals surface area contributed by atoms with Crippen LogP contribution in [0.4, 0.5) is 0 Å². The maximum atomic E-state index is 6.97. The van der Waals surface area contributed by atoms with E-state index >= 15 is 0 Å². The van der Waals surface area contributed by atoms with E-state index < -0.39 is 46.7 Å². The summed E-state index contributed by atoms with van der Waals surface area (Å²) in [5.74, 6) is 0. The molecule has 0 aliphatic heterocycles. The fraction of sp³-hybridized carbons (Fsp3) is 0.240. The third-order valence-electron chi connectivity index (χ3n) is 8.32. The monoisotopic (exact) mass is 998 g/mol. The zero-order valence-corrected chi connectivity index (χ0v) is 50.4. The number of hydrogen-bond donors (Lipinski definition) is 0. The summed E-state index contributed by atoms with van der Waals surface area (Å²) in [5, 5.41) is 7.24. The summed E-state index contributed by atoms with van der Waals surface area (Å²) >= 11 is 0. The van der Waals surface area contributed by atoms with Crippen LogP contribution in [0, 0.1) is 0 Å². The van der Waals surface area contributed by atoms with Crippen LogP contribution in [0.5, 0.6) is 0 Å². The maximum Gasteiger partial charge on any atom is 2.00 e. The molecule has 0 aliphatic carbocycles. The van der Waals surface area contributed by atoms with Crippen LogP contribution >= 0.6 is 13.8 Å². The number of benzene rings is 6. The minimum Gasteiger partial charge on any atom is -0.668 e. The fourth-order valence-electron chi connectivity index (χ4n) is 6.89. The molecular weight excluding hydrogens is 934 g/mol. The van der Waals surface area contributed by atoms with E-state index in [1.165, 1.54) is 31.8 Å². The Kier molecular flexibility index (Phi) is 23.6. The van der Waals surface area contributed by atoms with Gasteiger partial charge in [0.1, 0.15) is 0 Å². The first-order chi connectivity index (χ1) is 27.0. The molecule has 0 bridgehead atoms. The van der Waals surface area contributed by atoms with Crippen LogP contribution in [0.3, 0.4) is 0 Å². The molecule has 0 saturated heterocycles. The molecule has 0 amide bonds. The summed E-state index contributed by atoms with van der Waals surface area (Å²) in [4.78, 5) is 0. The van der Waals surface area contributed by atoms with E-state index in [0.29, 0.717) is 0 Å². The van der Waals surface area contributed by atoms with Crippen molar-refractivity contribution in [3.63, 3.8) is 0 Å². The summed E-state index contributed by atoms with van der Waals surface area (Å²) in [6.07, 6.45) is 13.9. The predicted octanol–water partition coefficient (Wildman–Crippen LogP) is 12.6. The molecule has 2 nitrogen and oxygen atoms in total. The second kappa shape index (κ2) is 25.3. The van der Waals surface area contributed by atoms with Gasteiger partial charge in [0, 0.05) is 0 Å². The molecule has 0 spiro atoms. The molecule has 0 saturated carbocycles. The molecule has 6 rings (SSSR count). The Hall–Kier alpha value is -2.05. The van der Waals surface area contributed by atoms with Crippen LogP contribution in [-0.4, -0.2) is 45.5 Å². The number of nitrogens with zero attached hydrogens (tertiary/aromatic N) is 2. The molecule has 0 radical (unpaired) electrons. The van der Waals surface area contributed by atoms with E-state index in [1.807, 2.05) is 36.4 Å². The Labute approximate surface area is 396 Å². The SMILES string of the molecule is C[Si](C)(C)[N-][Si](C)(C)C.C[Si](C)(C)[N-][Si](C)(C)C.[CH-]=P(c1ccccc1)(c1ccccc1)c1ccccc1.[CH-]=P(c1ccccc1)(c1ccccc1)c1ccccc1.[Zn+2].[Zn+2]. The van der Waals surface area contributed by atoms with Gasteiger partial charge in [-0.3, -0.25) is 0 Å². The van der Waals surface area contributed by atoms with E-state index in [2.05, 4.69) is 224 Å². The zero-order valence-electron chi connectivity index (χ0n) is 38.7. The number of hydrogen-bond acceptors (Lipinski definition) is 0. The molecule has 10 heteroatoms. The minimum atomic E-state index is -2.03. The van der Waals surface area contributed by atoms with Crippen LogP contribution in [0.25, 0.3) is 9.30 Å². The Morgan fingerprint density at radius 2 is 0.383 bits per heavy atom. The van der Waals surface area contributed by atoms with Crippen molar-refractivity contribution in [2.24, 2.45) is 0 Å². The van der Waals surface area contributed by atoms with Gasteiger partial charge in [-0.15, -0.1) is 0 Å². The molecular formula is C50H68N2P2Si4Zn2. The molecule has 0 fully saturated rings. The summed E-state index contributed by atoms with van der Waals surface area (Å²) in [7, 11) is -4.42. The van der Waals surface area contributed by atoms with Gasteiger partial charge in [0.25, 0.3) is 0 Å². The Morgan fingerprint density at radius 3 is 0.467 bits per heavy atom. The van der Waals surface area contributed by atoms with Crippen LogP contribution in [-0.2, 0) is 39.0 Å². The molecule has 6 aromatic carbocycles. The van der Waals surface area contributed by atoms with E-state index in [9.17, 15) is 0 Å². The van der Waals surface area contributed by atoms with Gasteiger partial charge in [-0.25, -0.2) is 0 Å². The van der Waals surface area contributed by atoms with Gasteiger partial charge in [0.2, 0.25) is 0 Å². The normalized spacial score (nSPS) is 11.7. The summed E-state index contributed by atoms with van der Waals surface area (Å²) in [5.41, 5.74) is 0. The largest absolute Gasteiger partial charge is 2.00 e. The molecule has 6 aromatic rings. The van der Waals surface area contributed by atoms with Crippen molar-refractivity contribution in [2.75, 3.05) is 0 Å². The van der Waals surface area contributed by atoms with Gasteiger partial charge in [0.15, 0.2) is 0 Å². The first-order valence-electron chi connectivity index (χ1n) is 20.2. The summed E-state index contributed by atoms with van der Waals surface area (Å²) < 4.78 is 9.64. The second-order valence-corrected chi connectivity index (χ2v) is 43.5. The van der Waals surface area contributed by atoms with Crippen LogP contribution in [0.15, 0.2) is 182 Å². The van der Waals surface area contributed by atoms with Crippen LogP contribution in [0.1, 0.15) is 0 Å². The minimum absolute atomic E-state index is 0. The van der Waals surface area contributed by atoms with Crippen molar-refractivity contribution < 1.29 is 39.0 Å². The van der Waals surface area contributed by atoms with Crippen molar-refractivity contribution in [3.8, 4) is 0 Å². The van der Waals surface area contributed by atoms with Crippen molar-refractivity contribution >= 4 is 91.1 Å². The number of rotatable bonds is 10. The molecule has 60 heavy (non-hydrogen) atoms. The molecule has 0 atom stereocenters. The summed E-state index contributed by atoms with van der Waals surface area (Å²) in [6.45, 7) is 23.5. The van der Waals surface area contributed by atoms with Gasteiger partial charge in [-0.1, -0.05) is 293 Å². The molecule has 0 aromatic heterocycles. The van der Waals surface area contributed by atoms with Crippen molar-refractivity contribution in [1.29, 1.82) is 0 Å². The average Bonchev–Trinajstić information content (AvgIpc) is 3.17. The molecule has 308 valence electrons. The second-order valence-electron chi connectivity index (χ2n) is 18.4. The van der Waals surface area contributed by atoms with Gasteiger partial charge in [-0.05, 0) is 31.8 Å². The first-order valence-corrected chi connectivity index (χ1v) is 37.7. The van der Waals surface area contributed by atoms with E-state index in [-0.39, 0.29) is 39.0 Å². The third kappa shape index (κ3) is 19.1. The quantitative estimate of drug-likeness (QED) is 0.0743. The molecule has 0 N–H and O–H groups in total. The topological polar surface area (TPSA) is 28.2 Å². The zero-order chi connectivity index (χ0) is 43.1. The van der Waals surface area contributed by atoms with Gasteiger partial charge >= 0.3 is 39.0 Å². The van der Waals surface area contributed by atoms with Crippen LogP contribution in [0.2, 0.25) is 78.6 Å². The van der Waals surface area contributed by atoms with Crippen molar-refractivity contribution in [2.45, 2.75) is 78.6 Å². The Bertz CT molecular complexity index is 1760. The fourth-order valence-corrected chi connectivity index (χ4v) is 28.6. The van der Waals surface area contributed by atoms with E-state index in [4.69, 9.17) is 21.9 Å². The smallest absolute Gasteiger partial charge is 0.668 e. The maximum absolute atomic E-state index is 6.97. The summed E-state index contributed by atoms with van der Waals surface area (Å²) in [6, 6.07) is 62.5. The van der Waals surface area contributed by atoms with E-state index in [0.717, 1.165) is 0 Å². The molecule has 0 heterocycles. The van der Waals surface area contributed by atoms with Gasteiger partial charge in [-0.2, -0.15) is 13.8 Å². The Balaban J connectivity index is 0.000000424. The van der Waals surface area contributed by atoms with Crippen LogP contribution < -0.4 is 31.8 Å².